The zero-order chi connectivity index (χ0) is 18.6. The monoisotopic (exact) mass is 374 g/mol. The summed E-state index contributed by atoms with van der Waals surface area (Å²) < 4.78 is 38.3. The van der Waals surface area contributed by atoms with E-state index < -0.39 is 11.7 Å². The highest BCUT2D eigenvalue weighted by Crippen LogP contribution is 2.33. The third-order valence-corrected chi connectivity index (χ3v) is 3.45. The third-order valence-electron chi connectivity index (χ3n) is 3.12. The molecule has 2 rings (SSSR count). The maximum absolute atomic E-state index is 12.8. The van der Waals surface area contributed by atoms with Gasteiger partial charge in [0.25, 0.3) is 11.5 Å². The summed E-state index contributed by atoms with van der Waals surface area (Å²) in [6.07, 6.45) is -3.11. The summed E-state index contributed by atoms with van der Waals surface area (Å²) in [5.74, 6) is -0.0675. The van der Waals surface area contributed by atoms with Crippen molar-refractivity contribution in [3.63, 3.8) is 0 Å². The molecular weight excluding hydrogens is 359 g/mol. The van der Waals surface area contributed by atoms with Crippen LogP contribution in [0.4, 0.5) is 24.8 Å². The largest absolute Gasteiger partial charge is 0.416 e. The summed E-state index contributed by atoms with van der Waals surface area (Å²) in [5, 5.41) is 2.59. The lowest BCUT2D eigenvalue weighted by molar-refractivity contribution is -0.365. The van der Waals surface area contributed by atoms with E-state index in [0.29, 0.717) is 12.1 Å². The summed E-state index contributed by atoms with van der Waals surface area (Å²) in [7, 11) is 0. The number of hydrogen-bond acceptors (Lipinski definition) is 2. The lowest BCUT2D eigenvalue weighted by atomic mass is 10.2. The molecule has 5 N–H and O–H groups in total. The van der Waals surface area contributed by atoms with Crippen molar-refractivity contribution in [1.29, 1.82) is 0 Å². The SMILES string of the molecule is CCCc1cc(=O)[nH]c([NH+]=C(N)Nc2cc(C(F)(F)F)ccc2Cl)n1. The van der Waals surface area contributed by atoms with Crippen molar-refractivity contribution in [2.24, 2.45) is 5.73 Å². The first-order chi connectivity index (χ1) is 11.7. The van der Waals surface area contributed by atoms with Crippen LogP contribution in [0.15, 0.2) is 29.1 Å². The average molecular weight is 375 g/mol. The smallest absolute Gasteiger partial charge is 0.322 e. The molecule has 25 heavy (non-hydrogen) atoms. The quantitative estimate of drug-likeness (QED) is 0.482. The van der Waals surface area contributed by atoms with E-state index in [2.05, 4.69) is 20.3 Å². The molecule has 1 heterocycles. The molecule has 0 aliphatic rings. The lowest BCUT2D eigenvalue weighted by Gasteiger charge is -2.10. The van der Waals surface area contributed by atoms with Gasteiger partial charge in [-0.25, -0.2) is 9.98 Å². The number of aromatic nitrogens is 2. The van der Waals surface area contributed by atoms with Crippen molar-refractivity contribution in [2.45, 2.75) is 25.9 Å². The van der Waals surface area contributed by atoms with Crippen LogP contribution in [0.2, 0.25) is 5.02 Å². The van der Waals surface area contributed by atoms with Gasteiger partial charge in [0.05, 0.1) is 22.0 Å². The van der Waals surface area contributed by atoms with Crippen molar-refractivity contribution < 1.29 is 18.2 Å². The highest BCUT2D eigenvalue weighted by Gasteiger charge is 2.31. The first-order valence-electron chi connectivity index (χ1n) is 7.32. The first-order valence-corrected chi connectivity index (χ1v) is 7.70. The number of benzene rings is 1. The second-order valence-electron chi connectivity index (χ2n) is 5.19. The Bertz CT molecular complexity index is 848. The van der Waals surface area contributed by atoms with Crippen LogP contribution in [-0.2, 0) is 12.6 Å². The Morgan fingerprint density at radius 1 is 1.40 bits per heavy atom. The standard InChI is InChI=1S/C15H15ClF3N5O/c1-2-3-9-7-12(25)23-14(21-9)24-13(20)22-11-6-8(15(17,18)19)4-5-10(11)16/h4-7H,2-3H2,1H3,(H4,20,21,22,23,24,25)/p+1. The minimum atomic E-state index is -4.51. The predicted octanol–water partition coefficient (Wildman–Crippen LogP) is 1.53. The van der Waals surface area contributed by atoms with Crippen LogP contribution >= 0.6 is 11.6 Å². The highest BCUT2D eigenvalue weighted by molar-refractivity contribution is 6.33. The lowest BCUT2D eigenvalue weighted by Crippen LogP contribution is -2.73. The van der Waals surface area contributed by atoms with Gasteiger partial charge in [-0.3, -0.25) is 10.1 Å². The van der Waals surface area contributed by atoms with Crippen LogP contribution in [0.3, 0.4) is 0 Å². The molecule has 0 fully saturated rings. The van der Waals surface area contributed by atoms with E-state index in [0.717, 1.165) is 24.6 Å². The average Bonchev–Trinajstić information content (AvgIpc) is 2.48. The number of nitrogens with zero attached hydrogens (tertiary/aromatic N) is 1. The van der Waals surface area contributed by atoms with Crippen LogP contribution in [-0.4, -0.2) is 15.9 Å². The van der Waals surface area contributed by atoms with Gasteiger partial charge >= 0.3 is 12.1 Å². The van der Waals surface area contributed by atoms with Gasteiger partial charge in [-0.2, -0.15) is 13.2 Å². The fourth-order valence-electron chi connectivity index (χ4n) is 2.05. The Morgan fingerprint density at radius 2 is 2.12 bits per heavy atom. The normalized spacial score (nSPS) is 12.3. The molecule has 134 valence electrons. The number of hydrogen-bond donors (Lipinski definition) is 4. The highest BCUT2D eigenvalue weighted by atomic mass is 35.5. The summed E-state index contributed by atoms with van der Waals surface area (Å²) in [4.78, 5) is 20.8. The number of aryl methyl sites for hydroxylation is 1. The molecule has 0 unspecified atom stereocenters. The minimum absolute atomic E-state index is 0.0337. The van der Waals surface area contributed by atoms with Gasteiger partial charge in [-0.05, 0) is 31.0 Å². The van der Waals surface area contributed by atoms with E-state index in [1.165, 1.54) is 6.07 Å². The summed E-state index contributed by atoms with van der Waals surface area (Å²) in [6, 6.07) is 4.18. The molecular formula is C15H16ClF3N5O+. The maximum Gasteiger partial charge on any atom is 0.416 e. The van der Waals surface area contributed by atoms with Crippen LogP contribution in [0.5, 0.6) is 0 Å². The van der Waals surface area contributed by atoms with Gasteiger partial charge in [0, 0.05) is 6.07 Å². The Balaban J connectivity index is 2.29. The number of anilines is 1. The molecule has 0 saturated carbocycles. The maximum atomic E-state index is 12.8. The molecule has 1 aromatic carbocycles. The topological polar surface area (TPSA) is 97.8 Å². The Morgan fingerprint density at radius 3 is 2.76 bits per heavy atom. The number of alkyl halides is 3. The molecule has 0 aliphatic heterocycles. The van der Waals surface area contributed by atoms with Crippen molar-refractivity contribution in [3.05, 3.63) is 50.9 Å². The predicted molar refractivity (Wildman–Crippen MR) is 88.7 cm³/mol. The van der Waals surface area contributed by atoms with Gasteiger partial charge < -0.3 is 5.73 Å². The molecule has 10 heteroatoms. The number of H-pyrrole nitrogens is 1. The number of guanidine groups is 1. The molecule has 6 nitrogen and oxygen atoms in total. The van der Waals surface area contributed by atoms with E-state index in [1.807, 2.05) is 6.92 Å². The number of aromatic amines is 1. The zero-order valence-electron chi connectivity index (χ0n) is 13.2. The molecule has 0 saturated heterocycles. The van der Waals surface area contributed by atoms with Gasteiger partial charge in [0.2, 0.25) is 0 Å². The molecule has 0 amide bonds. The minimum Gasteiger partial charge on any atom is -0.322 e. The second kappa shape index (κ2) is 7.56. The van der Waals surface area contributed by atoms with Crippen LogP contribution in [0.25, 0.3) is 0 Å². The van der Waals surface area contributed by atoms with Crippen LogP contribution in [0, 0.1) is 0 Å². The fraction of sp³-hybridized carbons (Fsp3) is 0.267. The van der Waals surface area contributed by atoms with E-state index in [-0.39, 0.29) is 28.2 Å². The number of nitrogens with two attached hydrogens (primary N) is 1. The summed E-state index contributed by atoms with van der Waals surface area (Å²) in [6.45, 7) is 1.94. The van der Waals surface area contributed by atoms with Crippen molar-refractivity contribution in [3.8, 4) is 0 Å². The molecule has 0 atom stereocenters. The summed E-state index contributed by atoms with van der Waals surface area (Å²) in [5.41, 5.74) is 5.03. The van der Waals surface area contributed by atoms with Crippen molar-refractivity contribution in [2.75, 3.05) is 5.32 Å². The zero-order valence-corrected chi connectivity index (χ0v) is 13.9. The molecule has 0 radical (unpaired) electrons. The van der Waals surface area contributed by atoms with Gasteiger partial charge in [-0.15, -0.1) is 4.98 Å². The number of nitrogens with one attached hydrogen (secondary N) is 3. The van der Waals surface area contributed by atoms with E-state index >= 15 is 0 Å². The second-order valence-corrected chi connectivity index (χ2v) is 5.60. The Hall–Kier alpha value is -2.55. The van der Waals surface area contributed by atoms with Crippen LogP contribution < -0.4 is 21.6 Å². The summed E-state index contributed by atoms with van der Waals surface area (Å²) >= 11 is 5.89. The Kier molecular flexibility index (Phi) is 5.68. The third kappa shape index (κ3) is 5.21. The van der Waals surface area contributed by atoms with Crippen molar-refractivity contribution >= 4 is 29.2 Å². The fourth-order valence-corrected chi connectivity index (χ4v) is 2.22. The van der Waals surface area contributed by atoms with Gasteiger partial charge in [0.15, 0.2) is 0 Å². The molecule has 0 bridgehead atoms. The number of rotatable bonds is 4. The van der Waals surface area contributed by atoms with E-state index in [4.69, 9.17) is 17.3 Å². The Labute approximate surface area is 145 Å². The first kappa shape index (κ1) is 18.8. The van der Waals surface area contributed by atoms with Gasteiger partial charge in [0.1, 0.15) is 0 Å². The van der Waals surface area contributed by atoms with E-state index in [9.17, 15) is 18.0 Å². The van der Waals surface area contributed by atoms with Crippen molar-refractivity contribution in [1.82, 2.24) is 9.97 Å². The molecule has 0 spiro atoms. The van der Waals surface area contributed by atoms with E-state index in [1.54, 1.807) is 0 Å². The molecule has 1 aromatic heterocycles. The molecule has 2 aromatic rings. The molecule has 0 aliphatic carbocycles. The number of halogens is 4. The van der Waals surface area contributed by atoms with Gasteiger partial charge in [-0.1, -0.05) is 18.5 Å². The van der Waals surface area contributed by atoms with Crippen LogP contribution in [0.1, 0.15) is 24.6 Å².